The quantitative estimate of drug-likeness (QED) is 0.553. The molecule has 1 aliphatic carbocycles. The lowest BCUT2D eigenvalue weighted by atomic mass is 9.95. The number of hydrogen-bond donors (Lipinski definition) is 0. The standard InChI is InChI=1S/C20H12ClO/c21-20-3-1-2-16-10-15-5-4-14(11-17(15)12-19(16)20)13-6-8-18(22)9-7-13/h1-4,6-8,10-12H,9H2. The van der Waals surface area contributed by atoms with Crippen molar-refractivity contribution in [2.75, 3.05) is 0 Å². The molecule has 2 heteroatoms. The van der Waals surface area contributed by atoms with Gasteiger partial charge in [-0.05, 0) is 69.8 Å². The topological polar surface area (TPSA) is 17.1 Å². The Kier molecular flexibility index (Phi) is 3.09. The van der Waals surface area contributed by atoms with Gasteiger partial charge in [-0.25, -0.2) is 0 Å². The zero-order chi connectivity index (χ0) is 15.1. The molecule has 3 aromatic rings. The first-order valence-electron chi connectivity index (χ1n) is 7.16. The molecule has 4 rings (SSSR count). The Morgan fingerprint density at radius 3 is 2.77 bits per heavy atom. The second kappa shape index (κ2) is 5.11. The molecule has 0 heterocycles. The van der Waals surface area contributed by atoms with Gasteiger partial charge in [-0.2, -0.15) is 0 Å². The first-order valence-corrected chi connectivity index (χ1v) is 7.54. The third-order valence-corrected chi connectivity index (χ3v) is 4.33. The SMILES string of the molecule is O=C1C=CC(c2c[c]c3cc4cccc(Cl)c4cc3c2)=CC1. The van der Waals surface area contributed by atoms with Crippen LogP contribution in [0.2, 0.25) is 5.02 Å². The van der Waals surface area contributed by atoms with Gasteiger partial charge in [0, 0.05) is 16.8 Å². The average Bonchev–Trinajstić information content (AvgIpc) is 2.54. The van der Waals surface area contributed by atoms with E-state index in [2.05, 4.69) is 30.3 Å². The molecule has 3 aromatic carbocycles. The number of allylic oxidation sites excluding steroid dienone is 4. The van der Waals surface area contributed by atoms with Crippen LogP contribution in [-0.2, 0) is 4.79 Å². The van der Waals surface area contributed by atoms with Gasteiger partial charge < -0.3 is 0 Å². The summed E-state index contributed by atoms with van der Waals surface area (Å²) in [7, 11) is 0. The average molecular weight is 304 g/mol. The first-order chi connectivity index (χ1) is 10.7. The van der Waals surface area contributed by atoms with Crippen LogP contribution >= 0.6 is 11.6 Å². The van der Waals surface area contributed by atoms with Crippen molar-refractivity contribution in [1.29, 1.82) is 0 Å². The molecule has 1 nitrogen and oxygen atoms in total. The van der Waals surface area contributed by atoms with Crippen molar-refractivity contribution in [3.8, 4) is 0 Å². The van der Waals surface area contributed by atoms with E-state index < -0.39 is 0 Å². The summed E-state index contributed by atoms with van der Waals surface area (Å²) >= 11 is 6.29. The maximum atomic E-state index is 11.3. The van der Waals surface area contributed by atoms with E-state index in [1.54, 1.807) is 6.08 Å². The van der Waals surface area contributed by atoms with E-state index in [1.165, 1.54) is 0 Å². The van der Waals surface area contributed by atoms with Gasteiger partial charge in [0.2, 0.25) is 0 Å². The number of hydrogen-bond acceptors (Lipinski definition) is 1. The highest BCUT2D eigenvalue weighted by atomic mass is 35.5. The molecule has 105 valence electrons. The lowest BCUT2D eigenvalue weighted by Gasteiger charge is -2.09. The Hall–Kier alpha value is -2.38. The van der Waals surface area contributed by atoms with E-state index >= 15 is 0 Å². The van der Waals surface area contributed by atoms with Gasteiger partial charge in [0.1, 0.15) is 0 Å². The molecule has 0 atom stereocenters. The van der Waals surface area contributed by atoms with Crippen LogP contribution in [0.3, 0.4) is 0 Å². The molecule has 0 fully saturated rings. The van der Waals surface area contributed by atoms with Crippen LogP contribution < -0.4 is 0 Å². The number of carbonyl (C=O) groups excluding carboxylic acids is 1. The zero-order valence-corrected chi connectivity index (χ0v) is 12.5. The van der Waals surface area contributed by atoms with Crippen LogP contribution in [0.4, 0.5) is 0 Å². The summed E-state index contributed by atoms with van der Waals surface area (Å²) in [6, 6.07) is 17.6. The van der Waals surface area contributed by atoms with E-state index in [0.29, 0.717) is 6.42 Å². The minimum Gasteiger partial charge on any atom is -0.295 e. The fourth-order valence-corrected chi connectivity index (χ4v) is 3.06. The van der Waals surface area contributed by atoms with Gasteiger partial charge in [0.25, 0.3) is 0 Å². The van der Waals surface area contributed by atoms with E-state index in [-0.39, 0.29) is 5.78 Å². The summed E-state index contributed by atoms with van der Waals surface area (Å²) in [4.78, 5) is 11.3. The number of rotatable bonds is 1. The van der Waals surface area contributed by atoms with Gasteiger partial charge in [-0.1, -0.05) is 35.9 Å². The van der Waals surface area contributed by atoms with Crippen molar-refractivity contribution < 1.29 is 4.79 Å². The molecule has 1 radical (unpaired) electrons. The van der Waals surface area contributed by atoms with E-state index in [1.807, 2.05) is 30.4 Å². The molecule has 0 saturated heterocycles. The van der Waals surface area contributed by atoms with Gasteiger partial charge in [-0.15, -0.1) is 0 Å². The van der Waals surface area contributed by atoms with E-state index in [0.717, 1.165) is 37.7 Å². The predicted octanol–water partition coefficient (Wildman–Crippen LogP) is 5.36. The summed E-state index contributed by atoms with van der Waals surface area (Å²) in [6.45, 7) is 0. The molecule has 0 unspecified atom stereocenters. The Morgan fingerprint density at radius 1 is 1.05 bits per heavy atom. The normalized spacial score (nSPS) is 14.6. The highest BCUT2D eigenvalue weighted by molar-refractivity contribution is 6.35. The van der Waals surface area contributed by atoms with Crippen LogP contribution in [0, 0.1) is 6.07 Å². The van der Waals surface area contributed by atoms with Crippen LogP contribution in [-0.4, -0.2) is 5.78 Å². The van der Waals surface area contributed by atoms with E-state index in [4.69, 9.17) is 11.6 Å². The lowest BCUT2D eigenvalue weighted by molar-refractivity contribution is -0.113. The van der Waals surface area contributed by atoms with Crippen LogP contribution in [0.5, 0.6) is 0 Å². The third kappa shape index (κ3) is 2.24. The second-order valence-corrected chi connectivity index (χ2v) is 5.86. The summed E-state index contributed by atoms with van der Waals surface area (Å²) in [5.74, 6) is 0.145. The number of ketones is 1. The number of halogens is 1. The maximum Gasteiger partial charge on any atom is 0.159 e. The Morgan fingerprint density at radius 2 is 1.95 bits per heavy atom. The molecule has 22 heavy (non-hydrogen) atoms. The fourth-order valence-electron chi connectivity index (χ4n) is 2.82. The monoisotopic (exact) mass is 303 g/mol. The van der Waals surface area contributed by atoms with Crippen molar-refractivity contribution in [2.24, 2.45) is 0 Å². The number of fused-ring (bicyclic) bond motifs is 2. The molecular formula is C20H12ClO. The van der Waals surface area contributed by atoms with Crippen LogP contribution in [0.15, 0.2) is 60.7 Å². The van der Waals surface area contributed by atoms with Crippen LogP contribution in [0.25, 0.3) is 27.1 Å². The number of carbonyl (C=O) groups is 1. The van der Waals surface area contributed by atoms with Crippen LogP contribution in [0.1, 0.15) is 12.0 Å². The smallest absolute Gasteiger partial charge is 0.159 e. The fraction of sp³-hybridized carbons (Fsp3) is 0.0500. The Balaban J connectivity index is 1.90. The van der Waals surface area contributed by atoms with Gasteiger partial charge in [-0.3, -0.25) is 4.79 Å². The highest BCUT2D eigenvalue weighted by Gasteiger charge is 2.08. The molecule has 0 spiro atoms. The summed E-state index contributed by atoms with van der Waals surface area (Å²) < 4.78 is 0. The molecule has 0 saturated carbocycles. The number of benzene rings is 3. The zero-order valence-electron chi connectivity index (χ0n) is 11.8. The van der Waals surface area contributed by atoms with Gasteiger partial charge in [0.15, 0.2) is 5.78 Å². The lowest BCUT2D eigenvalue weighted by Crippen LogP contribution is -1.96. The predicted molar refractivity (Wildman–Crippen MR) is 92.0 cm³/mol. The minimum absolute atomic E-state index is 0.145. The molecule has 1 aliphatic rings. The van der Waals surface area contributed by atoms with Crippen molar-refractivity contribution in [1.82, 2.24) is 0 Å². The van der Waals surface area contributed by atoms with Gasteiger partial charge >= 0.3 is 0 Å². The largest absolute Gasteiger partial charge is 0.295 e. The molecule has 0 amide bonds. The summed E-state index contributed by atoms with van der Waals surface area (Å²) in [5, 5.41) is 5.09. The summed E-state index contributed by atoms with van der Waals surface area (Å²) in [5.41, 5.74) is 2.14. The highest BCUT2D eigenvalue weighted by Crippen LogP contribution is 2.30. The minimum atomic E-state index is 0.145. The molecule has 0 N–H and O–H groups in total. The molecule has 0 aliphatic heterocycles. The molecule has 0 bridgehead atoms. The van der Waals surface area contributed by atoms with Crippen molar-refractivity contribution >= 4 is 44.5 Å². The molecular weight excluding hydrogens is 292 g/mol. The van der Waals surface area contributed by atoms with Crippen molar-refractivity contribution in [2.45, 2.75) is 6.42 Å². The Bertz CT molecular complexity index is 980. The van der Waals surface area contributed by atoms with E-state index in [9.17, 15) is 4.79 Å². The van der Waals surface area contributed by atoms with Gasteiger partial charge in [0.05, 0.1) is 0 Å². The third-order valence-electron chi connectivity index (χ3n) is 4.00. The van der Waals surface area contributed by atoms with Crippen molar-refractivity contribution in [3.63, 3.8) is 0 Å². The molecule has 0 aromatic heterocycles. The maximum absolute atomic E-state index is 11.3. The first kappa shape index (κ1) is 13.3. The Labute approximate surface area is 133 Å². The van der Waals surface area contributed by atoms with Crippen molar-refractivity contribution in [3.05, 3.63) is 77.3 Å². The second-order valence-electron chi connectivity index (χ2n) is 5.45. The summed E-state index contributed by atoms with van der Waals surface area (Å²) in [6.07, 6.45) is 5.93.